The minimum atomic E-state index is -5.09. The van der Waals surface area contributed by atoms with Gasteiger partial charge in [-0.3, -0.25) is 24.0 Å². The molecule has 11 nitrogen and oxygen atoms in total. The molecule has 40 heavy (non-hydrogen) atoms. The van der Waals surface area contributed by atoms with Gasteiger partial charge in [0.25, 0.3) is 0 Å². The van der Waals surface area contributed by atoms with E-state index in [1.165, 1.54) is 13.8 Å². The second-order valence-corrected chi connectivity index (χ2v) is 9.84. The first-order valence-electron chi connectivity index (χ1n) is 12.8. The van der Waals surface area contributed by atoms with E-state index in [0.717, 1.165) is 5.56 Å². The van der Waals surface area contributed by atoms with E-state index >= 15 is 0 Å². The Kier molecular flexibility index (Phi) is 13.6. The van der Waals surface area contributed by atoms with E-state index in [2.05, 4.69) is 16.0 Å². The molecule has 0 aromatic heterocycles. The molecule has 0 aliphatic rings. The molecule has 1 rings (SSSR count). The van der Waals surface area contributed by atoms with Crippen molar-refractivity contribution < 1.29 is 42.3 Å². The van der Waals surface area contributed by atoms with Gasteiger partial charge in [-0.15, -0.1) is 0 Å². The molecule has 0 spiro atoms. The fraction of sp³-hybridized carbons (Fsp3) is 0.577. The number of hydrogen-bond donors (Lipinski definition) is 6. The third-order valence-electron chi connectivity index (χ3n) is 6.00. The van der Waals surface area contributed by atoms with Gasteiger partial charge in [-0.2, -0.15) is 13.2 Å². The van der Waals surface area contributed by atoms with Crippen LogP contribution < -0.4 is 27.0 Å². The number of aliphatic hydroxyl groups is 1. The maximum absolute atomic E-state index is 13.1. The molecule has 5 atom stereocenters. The molecule has 0 aliphatic heterocycles. The van der Waals surface area contributed by atoms with E-state index in [1.807, 2.05) is 23.5 Å². The lowest BCUT2D eigenvalue weighted by atomic mass is 10.0. The van der Waals surface area contributed by atoms with Gasteiger partial charge in [0.1, 0.15) is 18.1 Å². The van der Waals surface area contributed by atoms with E-state index in [9.17, 15) is 42.3 Å². The number of aliphatic hydroxyl groups excluding tert-OH is 1. The molecule has 0 aliphatic carbocycles. The average Bonchev–Trinajstić information content (AvgIpc) is 2.86. The van der Waals surface area contributed by atoms with Gasteiger partial charge in [0, 0.05) is 13.3 Å². The lowest BCUT2D eigenvalue weighted by molar-refractivity contribution is -0.212. The second kappa shape index (κ2) is 15.8. The van der Waals surface area contributed by atoms with Gasteiger partial charge in [0.2, 0.25) is 29.5 Å². The highest BCUT2D eigenvalue weighted by Crippen LogP contribution is 2.24. The zero-order valence-electron chi connectivity index (χ0n) is 22.9. The van der Waals surface area contributed by atoms with Crippen molar-refractivity contribution in [3.63, 3.8) is 0 Å². The van der Waals surface area contributed by atoms with E-state index in [-0.39, 0.29) is 12.3 Å². The predicted molar refractivity (Wildman–Crippen MR) is 139 cm³/mol. The Hall–Kier alpha value is -3.68. The summed E-state index contributed by atoms with van der Waals surface area (Å²) in [5, 5.41) is 19.1. The van der Waals surface area contributed by atoms with Gasteiger partial charge in [-0.05, 0) is 37.7 Å². The van der Waals surface area contributed by atoms with Crippen molar-refractivity contribution in [2.45, 2.75) is 89.8 Å². The predicted octanol–water partition coefficient (Wildman–Crippen LogP) is 0.443. The van der Waals surface area contributed by atoms with Gasteiger partial charge < -0.3 is 32.1 Å². The summed E-state index contributed by atoms with van der Waals surface area (Å²) < 4.78 is 39.3. The monoisotopic (exact) mass is 573 g/mol. The van der Waals surface area contributed by atoms with Gasteiger partial charge in [0.05, 0.1) is 6.04 Å². The van der Waals surface area contributed by atoms with Crippen LogP contribution in [0.15, 0.2) is 30.3 Å². The number of nitrogens with one attached hydrogen (secondary N) is 4. The first-order chi connectivity index (χ1) is 18.5. The average molecular weight is 574 g/mol. The first kappa shape index (κ1) is 34.3. The number of alkyl halides is 3. The van der Waals surface area contributed by atoms with Crippen LogP contribution >= 0.6 is 0 Å². The van der Waals surface area contributed by atoms with Crippen LogP contribution in [-0.4, -0.2) is 71.1 Å². The molecule has 5 amide bonds. The SMILES string of the molecule is CC(=O)N[C@H](C(=O)N[C@@H](CCc1ccccc1)C(=O)N[C@H](C)C(=O)N[C@H](CCC(N)=O)C(O)C(F)(F)F)C(C)C. The van der Waals surface area contributed by atoms with Crippen molar-refractivity contribution in [2.24, 2.45) is 11.7 Å². The molecule has 7 N–H and O–H groups in total. The van der Waals surface area contributed by atoms with Gasteiger partial charge in [-0.1, -0.05) is 44.2 Å². The molecule has 1 aromatic carbocycles. The minimum Gasteiger partial charge on any atom is -0.382 e. The minimum absolute atomic E-state index is 0.106. The van der Waals surface area contributed by atoms with Crippen LogP contribution in [0.3, 0.4) is 0 Å². The van der Waals surface area contributed by atoms with Crippen LogP contribution in [-0.2, 0) is 30.4 Å². The first-order valence-corrected chi connectivity index (χ1v) is 12.8. The Bertz CT molecular complexity index is 1020. The Balaban J connectivity index is 3.04. The highest BCUT2D eigenvalue weighted by Gasteiger charge is 2.44. The summed E-state index contributed by atoms with van der Waals surface area (Å²) in [7, 11) is 0. The lowest BCUT2D eigenvalue weighted by Gasteiger charge is -2.28. The number of halogens is 3. The zero-order chi connectivity index (χ0) is 30.6. The van der Waals surface area contributed by atoms with Crippen molar-refractivity contribution in [1.29, 1.82) is 0 Å². The van der Waals surface area contributed by atoms with Crippen molar-refractivity contribution in [1.82, 2.24) is 21.3 Å². The molecule has 0 bridgehead atoms. The summed E-state index contributed by atoms with van der Waals surface area (Å²) in [4.78, 5) is 61.4. The number of aryl methyl sites for hydroxylation is 1. The summed E-state index contributed by atoms with van der Waals surface area (Å²) in [5.74, 6) is -4.17. The highest BCUT2D eigenvalue weighted by atomic mass is 19.4. The van der Waals surface area contributed by atoms with Crippen LogP contribution in [0.25, 0.3) is 0 Å². The van der Waals surface area contributed by atoms with E-state index in [0.29, 0.717) is 6.42 Å². The topological polar surface area (TPSA) is 180 Å². The Morgan fingerprint density at radius 3 is 1.98 bits per heavy atom. The molecule has 0 fully saturated rings. The van der Waals surface area contributed by atoms with Gasteiger partial charge in [-0.25, -0.2) is 0 Å². The number of amides is 5. The number of carbonyl (C=O) groups is 5. The quantitative estimate of drug-likeness (QED) is 0.177. The molecule has 14 heteroatoms. The zero-order valence-corrected chi connectivity index (χ0v) is 22.9. The largest absolute Gasteiger partial charge is 0.416 e. The molecule has 1 aromatic rings. The lowest BCUT2D eigenvalue weighted by Crippen LogP contribution is -2.58. The summed E-state index contributed by atoms with van der Waals surface area (Å²) in [6.45, 7) is 5.86. The summed E-state index contributed by atoms with van der Waals surface area (Å²) in [6, 6.07) is 3.66. The van der Waals surface area contributed by atoms with Crippen molar-refractivity contribution in [3.8, 4) is 0 Å². The van der Waals surface area contributed by atoms with Gasteiger partial charge >= 0.3 is 6.18 Å². The molecule has 0 saturated heterocycles. The fourth-order valence-corrected chi connectivity index (χ4v) is 3.76. The van der Waals surface area contributed by atoms with E-state index in [4.69, 9.17) is 5.73 Å². The Labute approximate surface area is 230 Å². The molecular weight excluding hydrogens is 535 g/mol. The molecule has 0 radical (unpaired) electrons. The van der Waals surface area contributed by atoms with Crippen LogP contribution in [0.2, 0.25) is 0 Å². The number of hydrogen-bond acceptors (Lipinski definition) is 6. The maximum Gasteiger partial charge on any atom is 0.416 e. The van der Waals surface area contributed by atoms with Crippen LogP contribution in [0.4, 0.5) is 13.2 Å². The molecular formula is C26H38F3N5O6. The Morgan fingerprint density at radius 1 is 0.875 bits per heavy atom. The normalized spacial score (nSPS) is 15.2. The van der Waals surface area contributed by atoms with Crippen molar-refractivity contribution >= 4 is 29.5 Å². The van der Waals surface area contributed by atoms with Crippen molar-refractivity contribution in [3.05, 3.63) is 35.9 Å². The van der Waals surface area contributed by atoms with Crippen LogP contribution in [0.1, 0.15) is 52.5 Å². The fourth-order valence-electron chi connectivity index (χ4n) is 3.76. The Morgan fingerprint density at radius 2 is 1.48 bits per heavy atom. The number of benzene rings is 1. The highest BCUT2D eigenvalue weighted by molar-refractivity contribution is 5.94. The maximum atomic E-state index is 13.1. The van der Waals surface area contributed by atoms with Crippen molar-refractivity contribution in [2.75, 3.05) is 0 Å². The molecule has 224 valence electrons. The molecule has 0 heterocycles. The van der Waals surface area contributed by atoms with Crippen LogP contribution in [0, 0.1) is 5.92 Å². The second-order valence-electron chi connectivity index (χ2n) is 9.84. The van der Waals surface area contributed by atoms with E-state index < -0.39 is 78.8 Å². The summed E-state index contributed by atoms with van der Waals surface area (Å²) in [5.41, 5.74) is 5.85. The standard InChI is InChI=1S/C26H38F3N5O6/c1-14(2)21(32-16(4)35)25(40)34-19(11-10-17-8-6-5-7-9-17)24(39)31-15(3)23(38)33-18(12-13-20(30)36)22(37)26(27,28)29/h5-9,14-15,18-19,21-22,37H,10-13H2,1-4H3,(H2,30,36)(H,31,39)(H,32,35)(H,33,38)(H,34,40)/t15-,18-,19+,21+,22?/m1/s1. The number of nitrogens with two attached hydrogens (primary N) is 1. The number of rotatable bonds is 15. The number of primary amides is 1. The summed E-state index contributed by atoms with van der Waals surface area (Å²) >= 11 is 0. The third-order valence-corrected chi connectivity index (χ3v) is 6.00. The number of carbonyl (C=O) groups excluding carboxylic acids is 5. The van der Waals surface area contributed by atoms with Gasteiger partial charge in [0.15, 0.2) is 6.10 Å². The summed E-state index contributed by atoms with van der Waals surface area (Å²) in [6.07, 6.45) is -8.71. The van der Waals surface area contributed by atoms with E-state index in [1.54, 1.807) is 26.0 Å². The third kappa shape index (κ3) is 12.0. The molecule has 1 unspecified atom stereocenters. The molecule has 0 saturated carbocycles. The van der Waals surface area contributed by atoms with Crippen LogP contribution in [0.5, 0.6) is 0 Å². The smallest absolute Gasteiger partial charge is 0.382 e.